The first-order valence-corrected chi connectivity index (χ1v) is 7.29. The highest BCUT2D eigenvalue weighted by atomic mass is 32.2. The van der Waals surface area contributed by atoms with E-state index in [1.807, 2.05) is 6.92 Å². The molecule has 0 aromatic heterocycles. The lowest BCUT2D eigenvalue weighted by Gasteiger charge is -2.12. The predicted molar refractivity (Wildman–Crippen MR) is 69.2 cm³/mol. The van der Waals surface area contributed by atoms with Crippen LogP contribution in [0.2, 0.25) is 0 Å². The Labute approximate surface area is 103 Å². The van der Waals surface area contributed by atoms with Crippen LogP contribution >= 0.6 is 0 Å². The molecule has 0 aliphatic carbocycles. The standard InChI is InChI=1S/C12H20N2O2S/c1-10-5-7-11(8-6-10)17(15,16)12(14)4-2-3-9-13/h5-8,12H,2-4,9,13-14H2,1H3. The minimum atomic E-state index is -3.40. The van der Waals surface area contributed by atoms with E-state index in [4.69, 9.17) is 11.5 Å². The minimum absolute atomic E-state index is 0.295. The van der Waals surface area contributed by atoms with E-state index < -0.39 is 15.2 Å². The van der Waals surface area contributed by atoms with Crippen LogP contribution in [-0.2, 0) is 9.84 Å². The highest BCUT2D eigenvalue weighted by molar-refractivity contribution is 7.92. The molecule has 1 unspecified atom stereocenters. The van der Waals surface area contributed by atoms with Gasteiger partial charge < -0.3 is 11.5 Å². The van der Waals surface area contributed by atoms with E-state index in [1.54, 1.807) is 24.3 Å². The zero-order valence-corrected chi connectivity index (χ0v) is 10.9. The van der Waals surface area contributed by atoms with Gasteiger partial charge in [-0.1, -0.05) is 17.7 Å². The molecule has 1 rings (SSSR count). The number of nitrogens with two attached hydrogens (primary N) is 2. The highest BCUT2D eigenvalue weighted by Crippen LogP contribution is 2.17. The number of unbranched alkanes of at least 4 members (excludes halogenated alkanes) is 1. The van der Waals surface area contributed by atoms with Crippen LogP contribution in [0, 0.1) is 6.92 Å². The Hall–Kier alpha value is -0.910. The summed E-state index contributed by atoms with van der Waals surface area (Å²) in [7, 11) is -3.40. The lowest BCUT2D eigenvalue weighted by atomic mass is 10.2. The third-order valence-electron chi connectivity index (χ3n) is 2.69. The molecule has 0 heterocycles. The van der Waals surface area contributed by atoms with Gasteiger partial charge in [0, 0.05) is 0 Å². The van der Waals surface area contributed by atoms with Gasteiger partial charge in [-0.05, 0) is 44.9 Å². The highest BCUT2D eigenvalue weighted by Gasteiger charge is 2.22. The van der Waals surface area contributed by atoms with E-state index in [1.165, 1.54) is 0 Å². The summed E-state index contributed by atoms with van der Waals surface area (Å²) in [6.45, 7) is 2.48. The summed E-state index contributed by atoms with van der Waals surface area (Å²) in [6.07, 6.45) is 1.99. The molecule has 5 heteroatoms. The van der Waals surface area contributed by atoms with Crippen molar-refractivity contribution in [1.82, 2.24) is 0 Å². The SMILES string of the molecule is Cc1ccc(S(=O)(=O)C(N)CCCCN)cc1. The largest absolute Gasteiger partial charge is 0.330 e. The van der Waals surface area contributed by atoms with Crippen molar-refractivity contribution in [1.29, 1.82) is 0 Å². The molecule has 4 nitrogen and oxygen atoms in total. The Bertz CT molecular complexity index is 440. The Balaban J connectivity index is 2.76. The second-order valence-electron chi connectivity index (χ2n) is 4.18. The van der Waals surface area contributed by atoms with Crippen molar-refractivity contribution in [3.05, 3.63) is 29.8 Å². The molecule has 0 aliphatic rings. The molecule has 4 N–H and O–H groups in total. The van der Waals surface area contributed by atoms with E-state index in [-0.39, 0.29) is 0 Å². The minimum Gasteiger partial charge on any atom is -0.330 e. The van der Waals surface area contributed by atoms with Gasteiger partial charge in [-0.15, -0.1) is 0 Å². The van der Waals surface area contributed by atoms with Gasteiger partial charge in [-0.25, -0.2) is 8.42 Å². The number of benzene rings is 1. The summed E-state index contributed by atoms with van der Waals surface area (Å²) in [6, 6.07) is 6.76. The molecular weight excluding hydrogens is 236 g/mol. The second-order valence-corrected chi connectivity index (χ2v) is 6.35. The average Bonchev–Trinajstić information content (AvgIpc) is 2.29. The van der Waals surface area contributed by atoms with Crippen molar-refractivity contribution in [2.75, 3.05) is 6.54 Å². The van der Waals surface area contributed by atoms with E-state index in [0.717, 1.165) is 18.4 Å². The fourth-order valence-electron chi connectivity index (χ4n) is 1.55. The molecule has 0 amide bonds. The Morgan fingerprint density at radius 2 is 1.76 bits per heavy atom. The first-order chi connectivity index (χ1) is 7.98. The molecule has 0 aliphatic heterocycles. The first-order valence-electron chi connectivity index (χ1n) is 5.74. The Morgan fingerprint density at radius 3 is 2.29 bits per heavy atom. The van der Waals surface area contributed by atoms with Crippen LogP contribution in [0.1, 0.15) is 24.8 Å². The van der Waals surface area contributed by atoms with E-state index in [9.17, 15) is 8.42 Å². The molecule has 0 saturated heterocycles. The average molecular weight is 256 g/mol. The van der Waals surface area contributed by atoms with Crippen molar-refractivity contribution >= 4 is 9.84 Å². The predicted octanol–water partition coefficient (Wildman–Crippen LogP) is 1.18. The van der Waals surface area contributed by atoms with Crippen LogP contribution in [0.15, 0.2) is 29.2 Å². The summed E-state index contributed by atoms with van der Waals surface area (Å²) in [5, 5.41) is -0.836. The molecule has 17 heavy (non-hydrogen) atoms. The van der Waals surface area contributed by atoms with Gasteiger partial charge in [0.2, 0.25) is 0 Å². The van der Waals surface area contributed by atoms with Crippen LogP contribution in [-0.4, -0.2) is 20.3 Å². The summed E-state index contributed by atoms with van der Waals surface area (Å²) in [5.41, 5.74) is 12.1. The second kappa shape index (κ2) is 6.14. The molecule has 0 bridgehead atoms. The summed E-state index contributed by atoms with van der Waals surface area (Å²) >= 11 is 0. The maximum absolute atomic E-state index is 12.1. The van der Waals surface area contributed by atoms with Crippen LogP contribution in [0.4, 0.5) is 0 Å². The third-order valence-corrected chi connectivity index (χ3v) is 4.65. The molecular formula is C12H20N2O2S. The van der Waals surface area contributed by atoms with Crippen molar-refractivity contribution in [3.63, 3.8) is 0 Å². The van der Waals surface area contributed by atoms with Crippen LogP contribution in [0.5, 0.6) is 0 Å². The topological polar surface area (TPSA) is 86.2 Å². The van der Waals surface area contributed by atoms with Gasteiger partial charge in [0.15, 0.2) is 9.84 Å². The molecule has 96 valence electrons. The molecule has 1 aromatic rings. The van der Waals surface area contributed by atoms with E-state index in [2.05, 4.69) is 0 Å². The van der Waals surface area contributed by atoms with Gasteiger partial charge in [0.05, 0.1) is 4.90 Å². The van der Waals surface area contributed by atoms with Crippen molar-refractivity contribution in [3.8, 4) is 0 Å². The fraction of sp³-hybridized carbons (Fsp3) is 0.500. The molecule has 1 atom stereocenters. The van der Waals surface area contributed by atoms with Gasteiger partial charge in [0.25, 0.3) is 0 Å². The number of hydrogen-bond acceptors (Lipinski definition) is 4. The van der Waals surface area contributed by atoms with E-state index >= 15 is 0 Å². The molecule has 1 aromatic carbocycles. The number of rotatable bonds is 6. The number of aryl methyl sites for hydroxylation is 1. The Kier molecular flexibility index (Phi) is 5.11. The van der Waals surface area contributed by atoms with Crippen LogP contribution in [0.25, 0.3) is 0 Å². The van der Waals surface area contributed by atoms with Gasteiger partial charge in [0.1, 0.15) is 5.37 Å². The summed E-state index contributed by atoms with van der Waals surface area (Å²) in [4.78, 5) is 0.295. The van der Waals surface area contributed by atoms with Crippen molar-refractivity contribution < 1.29 is 8.42 Å². The van der Waals surface area contributed by atoms with Crippen molar-refractivity contribution in [2.45, 2.75) is 36.5 Å². The monoisotopic (exact) mass is 256 g/mol. The molecule has 0 saturated carbocycles. The van der Waals surface area contributed by atoms with Gasteiger partial charge in [-0.3, -0.25) is 0 Å². The number of sulfone groups is 1. The molecule has 0 fully saturated rings. The lowest BCUT2D eigenvalue weighted by Crippen LogP contribution is -2.30. The van der Waals surface area contributed by atoms with Gasteiger partial charge in [-0.2, -0.15) is 0 Å². The molecule has 0 spiro atoms. The third kappa shape index (κ3) is 3.80. The first kappa shape index (κ1) is 14.2. The molecule has 0 radical (unpaired) electrons. The quantitative estimate of drug-likeness (QED) is 0.748. The van der Waals surface area contributed by atoms with E-state index in [0.29, 0.717) is 17.9 Å². The zero-order valence-electron chi connectivity index (χ0n) is 10.1. The van der Waals surface area contributed by atoms with Gasteiger partial charge >= 0.3 is 0 Å². The fourth-order valence-corrected chi connectivity index (χ4v) is 2.89. The Morgan fingerprint density at radius 1 is 1.18 bits per heavy atom. The normalized spacial score (nSPS) is 13.6. The smallest absolute Gasteiger partial charge is 0.193 e. The maximum atomic E-state index is 12.1. The number of hydrogen-bond donors (Lipinski definition) is 2. The van der Waals surface area contributed by atoms with Crippen LogP contribution in [0.3, 0.4) is 0 Å². The van der Waals surface area contributed by atoms with Crippen molar-refractivity contribution in [2.24, 2.45) is 11.5 Å². The zero-order chi connectivity index (χ0) is 12.9. The summed E-state index contributed by atoms with van der Waals surface area (Å²) in [5.74, 6) is 0. The summed E-state index contributed by atoms with van der Waals surface area (Å²) < 4.78 is 24.2. The van der Waals surface area contributed by atoms with Crippen LogP contribution < -0.4 is 11.5 Å². The lowest BCUT2D eigenvalue weighted by molar-refractivity contribution is 0.564. The maximum Gasteiger partial charge on any atom is 0.193 e.